The van der Waals surface area contributed by atoms with Crippen LogP contribution in [-0.4, -0.2) is 36.7 Å². The first kappa shape index (κ1) is 12.3. The summed E-state index contributed by atoms with van der Waals surface area (Å²) in [5.74, 6) is -1.95. The van der Waals surface area contributed by atoms with Gasteiger partial charge in [0.15, 0.2) is 5.76 Å². The van der Waals surface area contributed by atoms with Crippen molar-refractivity contribution in [2.75, 3.05) is 13.7 Å². The molecule has 1 aromatic rings. The molecular formula is C10H13NO5. The highest BCUT2D eigenvalue weighted by Crippen LogP contribution is 2.07. The number of aromatic carboxylic acids is 1. The topological polar surface area (TPSA) is 88.8 Å². The monoisotopic (exact) mass is 227 g/mol. The minimum absolute atomic E-state index is 0.0271. The highest BCUT2D eigenvalue weighted by molar-refractivity contribution is 5.93. The first-order valence-electron chi connectivity index (χ1n) is 4.68. The predicted molar refractivity (Wildman–Crippen MR) is 54.5 cm³/mol. The van der Waals surface area contributed by atoms with Crippen LogP contribution >= 0.6 is 0 Å². The summed E-state index contributed by atoms with van der Waals surface area (Å²) in [5.41, 5.74) is 0. The van der Waals surface area contributed by atoms with Crippen LogP contribution in [0.4, 0.5) is 0 Å². The van der Waals surface area contributed by atoms with Crippen molar-refractivity contribution in [2.45, 2.75) is 13.0 Å². The number of methoxy groups -OCH3 is 1. The lowest BCUT2D eigenvalue weighted by atomic mass is 10.3. The zero-order valence-corrected chi connectivity index (χ0v) is 9.02. The van der Waals surface area contributed by atoms with Gasteiger partial charge >= 0.3 is 5.97 Å². The van der Waals surface area contributed by atoms with E-state index in [0.29, 0.717) is 6.54 Å². The van der Waals surface area contributed by atoms with E-state index in [0.717, 1.165) is 0 Å². The molecule has 0 spiro atoms. The van der Waals surface area contributed by atoms with E-state index in [2.05, 4.69) is 5.32 Å². The number of amides is 1. The van der Waals surface area contributed by atoms with Crippen molar-refractivity contribution in [3.8, 4) is 0 Å². The number of hydrogen-bond donors (Lipinski definition) is 2. The van der Waals surface area contributed by atoms with Crippen LogP contribution in [0.1, 0.15) is 28.0 Å². The van der Waals surface area contributed by atoms with E-state index in [-0.39, 0.29) is 17.6 Å². The van der Waals surface area contributed by atoms with Crippen LogP contribution in [0.3, 0.4) is 0 Å². The number of hydrogen-bond acceptors (Lipinski definition) is 4. The Labute approximate surface area is 92.2 Å². The molecule has 0 aliphatic rings. The molecule has 1 aromatic heterocycles. The smallest absolute Gasteiger partial charge is 0.371 e. The summed E-state index contributed by atoms with van der Waals surface area (Å²) in [6, 6.07) is 2.55. The Kier molecular flexibility index (Phi) is 4.07. The van der Waals surface area contributed by atoms with E-state index in [1.165, 1.54) is 19.2 Å². The van der Waals surface area contributed by atoms with Gasteiger partial charge in [0, 0.05) is 13.7 Å². The maximum atomic E-state index is 11.4. The van der Waals surface area contributed by atoms with Crippen molar-refractivity contribution < 1.29 is 23.8 Å². The molecule has 0 aliphatic heterocycles. The summed E-state index contributed by atoms with van der Waals surface area (Å²) in [6.45, 7) is 2.13. The van der Waals surface area contributed by atoms with Crippen molar-refractivity contribution in [2.24, 2.45) is 0 Å². The minimum atomic E-state index is -1.20. The van der Waals surface area contributed by atoms with Crippen LogP contribution in [0, 0.1) is 0 Å². The molecule has 6 heteroatoms. The average Bonchev–Trinajstić information content (AvgIpc) is 2.74. The maximum Gasteiger partial charge on any atom is 0.371 e. The first-order chi connectivity index (χ1) is 7.54. The van der Waals surface area contributed by atoms with Crippen LogP contribution in [-0.2, 0) is 4.74 Å². The lowest BCUT2D eigenvalue weighted by molar-refractivity contribution is 0.0658. The molecule has 0 aromatic carbocycles. The number of carboxylic acid groups (broad SMARTS) is 1. The van der Waals surface area contributed by atoms with Gasteiger partial charge in [-0.15, -0.1) is 0 Å². The molecule has 0 saturated carbocycles. The number of carboxylic acids is 1. The van der Waals surface area contributed by atoms with Gasteiger partial charge in [0.2, 0.25) is 5.76 Å². The Balaban J connectivity index is 2.56. The molecular weight excluding hydrogens is 214 g/mol. The van der Waals surface area contributed by atoms with Gasteiger partial charge in [-0.1, -0.05) is 0 Å². The molecule has 88 valence electrons. The van der Waals surface area contributed by atoms with Crippen LogP contribution in [0.15, 0.2) is 16.5 Å². The highest BCUT2D eigenvalue weighted by Gasteiger charge is 2.14. The molecule has 16 heavy (non-hydrogen) atoms. The van der Waals surface area contributed by atoms with Gasteiger partial charge in [0.05, 0.1) is 6.10 Å². The molecule has 1 atom stereocenters. The molecule has 6 nitrogen and oxygen atoms in total. The van der Waals surface area contributed by atoms with Gasteiger partial charge in [-0.3, -0.25) is 4.79 Å². The molecule has 1 rings (SSSR count). The fourth-order valence-electron chi connectivity index (χ4n) is 0.982. The number of rotatable bonds is 5. The second kappa shape index (κ2) is 5.32. The Morgan fingerprint density at radius 2 is 2.12 bits per heavy atom. The van der Waals surface area contributed by atoms with E-state index in [9.17, 15) is 9.59 Å². The molecule has 0 saturated heterocycles. The van der Waals surface area contributed by atoms with Crippen LogP contribution in [0.2, 0.25) is 0 Å². The SMILES string of the molecule is COC(C)CNC(=O)c1ccc(C(=O)O)o1. The number of carbonyl (C=O) groups is 2. The zero-order valence-electron chi connectivity index (χ0n) is 9.02. The Morgan fingerprint density at radius 3 is 2.62 bits per heavy atom. The van der Waals surface area contributed by atoms with Gasteiger partial charge in [0.25, 0.3) is 5.91 Å². The lowest BCUT2D eigenvalue weighted by Gasteiger charge is -2.09. The molecule has 1 unspecified atom stereocenters. The van der Waals surface area contributed by atoms with Crippen LogP contribution in [0.5, 0.6) is 0 Å². The van der Waals surface area contributed by atoms with Gasteiger partial charge < -0.3 is 19.6 Å². The van der Waals surface area contributed by atoms with E-state index >= 15 is 0 Å². The Morgan fingerprint density at radius 1 is 1.50 bits per heavy atom. The number of furan rings is 1. The van der Waals surface area contributed by atoms with Gasteiger partial charge in [-0.05, 0) is 19.1 Å². The van der Waals surface area contributed by atoms with Crippen molar-refractivity contribution >= 4 is 11.9 Å². The molecule has 1 amide bonds. The van der Waals surface area contributed by atoms with E-state index in [4.69, 9.17) is 14.3 Å². The third kappa shape index (κ3) is 3.09. The molecule has 0 fully saturated rings. The van der Waals surface area contributed by atoms with Crippen molar-refractivity contribution in [1.82, 2.24) is 5.32 Å². The molecule has 0 radical (unpaired) electrons. The van der Waals surface area contributed by atoms with Crippen LogP contribution in [0.25, 0.3) is 0 Å². The highest BCUT2D eigenvalue weighted by atomic mass is 16.5. The standard InChI is InChI=1S/C10H13NO5/c1-6(15-2)5-11-9(12)7-3-4-8(16-7)10(13)14/h3-4,6H,5H2,1-2H3,(H,11,12)(H,13,14). The van der Waals surface area contributed by atoms with Crippen molar-refractivity contribution in [1.29, 1.82) is 0 Å². The van der Waals surface area contributed by atoms with Gasteiger partial charge in [-0.2, -0.15) is 0 Å². The summed E-state index contributed by atoms with van der Waals surface area (Å²) in [6.07, 6.45) is -0.113. The van der Waals surface area contributed by atoms with Gasteiger partial charge in [0.1, 0.15) is 0 Å². The fraction of sp³-hybridized carbons (Fsp3) is 0.400. The predicted octanol–water partition coefficient (Wildman–Crippen LogP) is 0.743. The third-order valence-electron chi connectivity index (χ3n) is 1.99. The number of carbonyl (C=O) groups excluding carboxylic acids is 1. The number of ether oxygens (including phenoxy) is 1. The van der Waals surface area contributed by atoms with Crippen molar-refractivity contribution in [3.05, 3.63) is 23.7 Å². The fourth-order valence-corrected chi connectivity index (χ4v) is 0.982. The second-order valence-corrected chi connectivity index (χ2v) is 3.23. The van der Waals surface area contributed by atoms with E-state index in [1.54, 1.807) is 6.92 Å². The molecule has 2 N–H and O–H groups in total. The normalized spacial score (nSPS) is 12.1. The summed E-state index contributed by atoms with van der Waals surface area (Å²) in [4.78, 5) is 22.0. The summed E-state index contributed by atoms with van der Waals surface area (Å²) < 4.78 is 9.76. The first-order valence-corrected chi connectivity index (χ1v) is 4.68. The summed E-state index contributed by atoms with van der Waals surface area (Å²) in [7, 11) is 1.53. The van der Waals surface area contributed by atoms with Crippen LogP contribution < -0.4 is 5.32 Å². The summed E-state index contributed by atoms with van der Waals surface area (Å²) in [5, 5.41) is 11.1. The zero-order chi connectivity index (χ0) is 12.1. The molecule has 0 bridgehead atoms. The van der Waals surface area contributed by atoms with E-state index in [1.807, 2.05) is 0 Å². The minimum Gasteiger partial charge on any atom is -0.475 e. The summed E-state index contributed by atoms with van der Waals surface area (Å²) >= 11 is 0. The Bertz CT molecular complexity index is 384. The maximum absolute atomic E-state index is 11.4. The third-order valence-corrected chi connectivity index (χ3v) is 1.99. The molecule has 0 aliphatic carbocycles. The quantitative estimate of drug-likeness (QED) is 0.774. The Hall–Kier alpha value is -1.82. The number of nitrogens with one attached hydrogen (secondary N) is 1. The average molecular weight is 227 g/mol. The largest absolute Gasteiger partial charge is 0.475 e. The van der Waals surface area contributed by atoms with E-state index < -0.39 is 11.9 Å². The lowest BCUT2D eigenvalue weighted by Crippen LogP contribution is -2.31. The van der Waals surface area contributed by atoms with Crippen molar-refractivity contribution in [3.63, 3.8) is 0 Å². The second-order valence-electron chi connectivity index (χ2n) is 3.23. The van der Waals surface area contributed by atoms with Gasteiger partial charge in [-0.25, -0.2) is 4.79 Å². The molecule has 1 heterocycles.